The van der Waals surface area contributed by atoms with Gasteiger partial charge in [-0.05, 0) is 48.4 Å². The van der Waals surface area contributed by atoms with E-state index in [1.54, 1.807) is 11.0 Å². The molecule has 1 heterocycles. The number of carbonyl (C=O) groups excluding carboxylic acids is 2. The Morgan fingerprint density at radius 1 is 1.10 bits per heavy atom. The van der Waals surface area contributed by atoms with E-state index in [0.717, 1.165) is 5.56 Å². The van der Waals surface area contributed by atoms with Crippen LogP contribution in [0.3, 0.4) is 0 Å². The number of nitrogens with zero attached hydrogens (tertiary/aromatic N) is 1. The Labute approximate surface area is 174 Å². The van der Waals surface area contributed by atoms with E-state index in [-0.39, 0.29) is 42.5 Å². The summed E-state index contributed by atoms with van der Waals surface area (Å²) < 4.78 is 26.5. The van der Waals surface area contributed by atoms with Crippen molar-refractivity contribution >= 4 is 24.2 Å². The average molecular weight is 424 g/mol. The van der Waals surface area contributed by atoms with Crippen molar-refractivity contribution in [2.75, 3.05) is 26.2 Å². The van der Waals surface area contributed by atoms with Gasteiger partial charge in [0.1, 0.15) is 11.6 Å². The normalized spacial score (nSPS) is 16.1. The minimum Gasteiger partial charge on any atom is -0.352 e. The molecule has 1 aliphatic heterocycles. The molecule has 5 nitrogen and oxygen atoms in total. The largest absolute Gasteiger partial charge is 0.352 e. The lowest BCUT2D eigenvalue weighted by Crippen LogP contribution is -2.48. The quantitative estimate of drug-likeness (QED) is 0.702. The molecule has 0 bridgehead atoms. The second-order valence-electron chi connectivity index (χ2n) is 6.73. The van der Waals surface area contributed by atoms with E-state index in [0.29, 0.717) is 38.2 Å². The maximum Gasteiger partial charge on any atom is 0.251 e. The van der Waals surface area contributed by atoms with Crippen molar-refractivity contribution in [3.05, 3.63) is 71.3 Å². The zero-order valence-electron chi connectivity index (χ0n) is 15.9. The lowest BCUT2D eigenvalue weighted by Gasteiger charge is -2.36. The van der Waals surface area contributed by atoms with Gasteiger partial charge in [-0.25, -0.2) is 8.78 Å². The Hall–Kier alpha value is -2.51. The molecule has 2 N–H and O–H groups in total. The van der Waals surface area contributed by atoms with Crippen LogP contribution >= 0.6 is 12.4 Å². The minimum absolute atomic E-state index is 0. The van der Waals surface area contributed by atoms with E-state index in [1.807, 2.05) is 6.07 Å². The number of carbonyl (C=O) groups is 2. The number of piperazine rings is 1. The molecule has 0 spiro atoms. The molecule has 1 saturated heterocycles. The average Bonchev–Trinajstić information content (AvgIpc) is 2.71. The van der Waals surface area contributed by atoms with Crippen molar-refractivity contribution in [2.24, 2.45) is 0 Å². The number of rotatable bonds is 6. The summed E-state index contributed by atoms with van der Waals surface area (Å²) in [6.07, 6.45) is 0.779. The molecule has 2 amide bonds. The highest BCUT2D eigenvalue weighted by Crippen LogP contribution is 2.23. The minimum atomic E-state index is -0.397. The van der Waals surface area contributed by atoms with Gasteiger partial charge in [0.2, 0.25) is 5.91 Å². The zero-order valence-corrected chi connectivity index (χ0v) is 16.7. The molecular formula is C21H24ClF2N3O2. The Balaban J connectivity index is 0.00000300. The highest BCUT2D eigenvalue weighted by Gasteiger charge is 2.27. The molecule has 8 heteroatoms. The van der Waals surface area contributed by atoms with Gasteiger partial charge in [-0.15, -0.1) is 12.4 Å². The van der Waals surface area contributed by atoms with Crippen molar-refractivity contribution in [3.8, 4) is 0 Å². The van der Waals surface area contributed by atoms with Crippen LogP contribution in [0.25, 0.3) is 0 Å². The third-order valence-corrected chi connectivity index (χ3v) is 4.76. The van der Waals surface area contributed by atoms with Crippen LogP contribution in [-0.2, 0) is 4.79 Å². The van der Waals surface area contributed by atoms with Crippen LogP contribution in [-0.4, -0.2) is 42.9 Å². The van der Waals surface area contributed by atoms with Gasteiger partial charge >= 0.3 is 0 Å². The highest BCUT2D eigenvalue weighted by atomic mass is 35.5. The molecule has 1 atom stereocenters. The summed E-state index contributed by atoms with van der Waals surface area (Å²) in [6, 6.07) is 11.4. The van der Waals surface area contributed by atoms with Gasteiger partial charge in [0, 0.05) is 38.2 Å². The van der Waals surface area contributed by atoms with Crippen LogP contribution in [0.15, 0.2) is 48.5 Å². The molecule has 1 unspecified atom stereocenters. The summed E-state index contributed by atoms with van der Waals surface area (Å²) in [5.74, 6) is -1.04. The fraction of sp³-hybridized carbons (Fsp3) is 0.333. The standard InChI is InChI=1S/C21H23F2N3O2.ClH/c22-17-8-6-15(7-9-17)21(28)25-10-2-5-20(27)26-12-11-24-14-19(26)16-3-1-4-18(23)13-16;/h1,3-4,6-9,13,19,24H,2,5,10-12,14H2,(H,25,28);1H. The lowest BCUT2D eigenvalue weighted by molar-refractivity contribution is -0.134. The topological polar surface area (TPSA) is 61.4 Å². The maximum atomic E-state index is 13.6. The number of halogens is 3. The van der Waals surface area contributed by atoms with Crippen LogP contribution in [0.5, 0.6) is 0 Å². The van der Waals surface area contributed by atoms with E-state index in [1.165, 1.54) is 36.4 Å². The molecule has 156 valence electrons. The van der Waals surface area contributed by atoms with Crippen molar-refractivity contribution in [1.29, 1.82) is 0 Å². The van der Waals surface area contributed by atoms with Crippen molar-refractivity contribution in [3.63, 3.8) is 0 Å². The Morgan fingerprint density at radius 2 is 1.86 bits per heavy atom. The van der Waals surface area contributed by atoms with Crippen molar-refractivity contribution < 1.29 is 18.4 Å². The first-order valence-electron chi connectivity index (χ1n) is 9.34. The van der Waals surface area contributed by atoms with Crippen LogP contribution in [0.4, 0.5) is 8.78 Å². The second-order valence-corrected chi connectivity index (χ2v) is 6.73. The van der Waals surface area contributed by atoms with E-state index in [4.69, 9.17) is 0 Å². The summed E-state index contributed by atoms with van der Waals surface area (Å²) in [5, 5.41) is 5.97. The fourth-order valence-electron chi connectivity index (χ4n) is 3.30. The van der Waals surface area contributed by atoms with E-state index in [9.17, 15) is 18.4 Å². The predicted molar refractivity (Wildman–Crippen MR) is 109 cm³/mol. The maximum absolute atomic E-state index is 13.6. The molecule has 1 fully saturated rings. The van der Waals surface area contributed by atoms with Gasteiger partial charge in [0.05, 0.1) is 6.04 Å². The molecule has 2 aromatic carbocycles. The molecule has 0 aliphatic carbocycles. The van der Waals surface area contributed by atoms with Gasteiger partial charge in [0.25, 0.3) is 5.91 Å². The first-order chi connectivity index (χ1) is 13.5. The van der Waals surface area contributed by atoms with E-state index < -0.39 is 5.82 Å². The molecule has 0 radical (unpaired) electrons. The van der Waals surface area contributed by atoms with Gasteiger partial charge in [-0.2, -0.15) is 0 Å². The van der Waals surface area contributed by atoms with Gasteiger partial charge in [0.15, 0.2) is 0 Å². The summed E-state index contributed by atoms with van der Waals surface area (Å²) in [5.41, 5.74) is 1.14. The van der Waals surface area contributed by atoms with E-state index >= 15 is 0 Å². The highest BCUT2D eigenvalue weighted by molar-refractivity contribution is 5.94. The summed E-state index contributed by atoms with van der Waals surface area (Å²) in [4.78, 5) is 26.4. The second kappa shape index (κ2) is 10.9. The summed E-state index contributed by atoms with van der Waals surface area (Å²) >= 11 is 0. The zero-order chi connectivity index (χ0) is 19.9. The van der Waals surface area contributed by atoms with Crippen LogP contribution in [0.2, 0.25) is 0 Å². The SMILES string of the molecule is Cl.O=C(NCCCC(=O)N1CCNCC1c1cccc(F)c1)c1ccc(F)cc1. The molecule has 1 aliphatic rings. The Kier molecular flexibility index (Phi) is 8.54. The van der Waals surface area contributed by atoms with Crippen LogP contribution in [0.1, 0.15) is 34.8 Å². The summed E-state index contributed by atoms with van der Waals surface area (Å²) in [6.45, 7) is 2.18. The van der Waals surface area contributed by atoms with Gasteiger partial charge < -0.3 is 15.5 Å². The number of hydrogen-bond donors (Lipinski definition) is 2. The third-order valence-electron chi connectivity index (χ3n) is 4.76. The third kappa shape index (κ3) is 6.24. The van der Waals surface area contributed by atoms with Gasteiger partial charge in [-0.1, -0.05) is 12.1 Å². The predicted octanol–water partition coefficient (Wildman–Crippen LogP) is 3.07. The van der Waals surface area contributed by atoms with Crippen LogP contribution < -0.4 is 10.6 Å². The molecule has 0 saturated carbocycles. The Bertz CT molecular complexity index is 833. The number of nitrogens with one attached hydrogen (secondary N) is 2. The van der Waals surface area contributed by atoms with Gasteiger partial charge in [-0.3, -0.25) is 9.59 Å². The smallest absolute Gasteiger partial charge is 0.251 e. The molecule has 3 rings (SSSR count). The summed E-state index contributed by atoms with van der Waals surface area (Å²) in [7, 11) is 0. The first kappa shape index (κ1) is 22.8. The van der Waals surface area contributed by atoms with Crippen molar-refractivity contribution in [2.45, 2.75) is 18.9 Å². The molecule has 0 aromatic heterocycles. The molecular weight excluding hydrogens is 400 g/mol. The number of hydrogen-bond acceptors (Lipinski definition) is 3. The number of amides is 2. The molecule has 29 heavy (non-hydrogen) atoms. The number of benzene rings is 2. The Morgan fingerprint density at radius 3 is 2.59 bits per heavy atom. The van der Waals surface area contributed by atoms with Crippen LogP contribution in [0, 0.1) is 11.6 Å². The van der Waals surface area contributed by atoms with E-state index in [2.05, 4.69) is 10.6 Å². The molecule has 2 aromatic rings. The monoisotopic (exact) mass is 423 g/mol. The first-order valence-corrected chi connectivity index (χ1v) is 9.34. The van der Waals surface area contributed by atoms with Crippen molar-refractivity contribution in [1.82, 2.24) is 15.5 Å². The lowest BCUT2D eigenvalue weighted by atomic mass is 10.0. The fourth-order valence-corrected chi connectivity index (χ4v) is 3.30.